The average Bonchev–Trinajstić information content (AvgIpc) is 3.20. The van der Waals surface area contributed by atoms with E-state index in [4.69, 9.17) is 21.1 Å². The van der Waals surface area contributed by atoms with E-state index in [0.717, 1.165) is 31.5 Å². The summed E-state index contributed by atoms with van der Waals surface area (Å²) in [7, 11) is 3.13. The Labute approximate surface area is 157 Å². The first-order valence-corrected chi connectivity index (χ1v) is 8.77. The molecular weight excluding hydrogens is 356 g/mol. The van der Waals surface area contributed by atoms with Gasteiger partial charge in [-0.1, -0.05) is 23.7 Å². The molecule has 1 N–H and O–H groups in total. The summed E-state index contributed by atoms with van der Waals surface area (Å²) < 4.78 is 10.7. The number of amides is 1. The lowest BCUT2D eigenvalue weighted by Gasteiger charge is -2.16. The van der Waals surface area contributed by atoms with Gasteiger partial charge in [0.15, 0.2) is 17.2 Å². The molecule has 7 nitrogen and oxygen atoms in total. The summed E-state index contributed by atoms with van der Waals surface area (Å²) in [5.74, 6) is 1.37. The second kappa shape index (κ2) is 8.23. The average molecular weight is 377 g/mol. The molecule has 138 valence electrons. The Bertz CT molecular complexity index is 794. The highest BCUT2D eigenvalue weighted by Crippen LogP contribution is 2.30. The second-order valence-electron chi connectivity index (χ2n) is 5.90. The summed E-state index contributed by atoms with van der Waals surface area (Å²) in [6.07, 6.45) is 3.68. The number of nitrogens with zero attached hydrogens (tertiary/aromatic N) is 3. The van der Waals surface area contributed by atoms with E-state index < -0.39 is 0 Å². The lowest BCUT2D eigenvalue weighted by atomic mass is 10.2. The molecule has 1 aromatic carbocycles. The van der Waals surface area contributed by atoms with Crippen LogP contribution in [-0.2, 0) is 6.54 Å². The van der Waals surface area contributed by atoms with Gasteiger partial charge in [0.1, 0.15) is 0 Å². The second-order valence-corrected chi connectivity index (χ2v) is 6.30. The normalized spacial score (nSPS) is 13.6. The molecule has 0 unspecified atom stereocenters. The van der Waals surface area contributed by atoms with Crippen molar-refractivity contribution in [3.8, 4) is 11.5 Å². The molecule has 2 aromatic rings. The maximum atomic E-state index is 12.6. The Morgan fingerprint density at radius 1 is 1.27 bits per heavy atom. The standard InChI is InChI=1S/C18H21ClN4O3/c1-25-14-7-5-6-12(16(14)26-2)10-20-17(24)15-13(19)11-21-18(22-15)23-8-3-4-9-23/h5-7,11H,3-4,8-10H2,1-2H3,(H,20,24). The first kappa shape index (κ1) is 18.3. The molecule has 3 rings (SSSR count). The van der Waals surface area contributed by atoms with E-state index in [-0.39, 0.29) is 23.2 Å². The molecular formula is C18H21ClN4O3. The molecule has 1 aromatic heterocycles. The van der Waals surface area contributed by atoms with Crippen LogP contribution in [0.3, 0.4) is 0 Å². The molecule has 1 saturated heterocycles. The lowest BCUT2D eigenvalue weighted by Crippen LogP contribution is -2.27. The van der Waals surface area contributed by atoms with E-state index in [9.17, 15) is 4.79 Å². The van der Waals surface area contributed by atoms with Crippen LogP contribution in [0.5, 0.6) is 11.5 Å². The number of hydrogen-bond donors (Lipinski definition) is 1. The fourth-order valence-corrected chi connectivity index (χ4v) is 3.12. The molecule has 1 aliphatic heterocycles. The van der Waals surface area contributed by atoms with Gasteiger partial charge in [-0.05, 0) is 18.9 Å². The minimum atomic E-state index is -0.359. The van der Waals surface area contributed by atoms with Crippen LogP contribution in [-0.4, -0.2) is 43.2 Å². The van der Waals surface area contributed by atoms with Crippen LogP contribution in [0.4, 0.5) is 5.95 Å². The number of ether oxygens (including phenoxy) is 2. The van der Waals surface area contributed by atoms with Crippen LogP contribution in [0.2, 0.25) is 5.02 Å². The van der Waals surface area contributed by atoms with Gasteiger partial charge in [0.05, 0.1) is 25.4 Å². The maximum Gasteiger partial charge on any atom is 0.271 e. The zero-order chi connectivity index (χ0) is 18.5. The lowest BCUT2D eigenvalue weighted by molar-refractivity contribution is 0.0945. The first-order valence-electron chi connectivity index (χ1n) is 8.39. The summed E-state index contributed by atoms with van der Waals surface area (Å²) in [5.41, 5.74) is 0.968. The van der Waals surface area contributed by atoms with Crippen molar-refractivity contribution < 1.29 is 14.3 Å². The highest BCUT2D eigenvalue weighted by Gasteiger charge is 2.20. The van der Waals surface area contributed by atoms with Gasteiger partial charge in [-0.2, -0.15) is 0 Å². The zero-order valence-corrected chi connectivity index (χ0v) is 15.5. The van der Waals surface area contributed by atoms with Crippen LogP contribution in [0, 0.1) is 0 Å². The van der Waals surface area contributed by atoms with Crippen LogP contribution < -0.4 is 19.7 Å². The Hall–Kier alpha value is -2.54. The number of anilines is 1. The Kier molecular flexibility index (Phi) is 5.78. The van der Waals surface area contributed by atoms with Crippen molar-refractivity contribution in [3.63, 3.8) is 0 Å². The van der Waals surface area contributed by atoms with Crippen molar-refractivity contribution in [3.05, 3.63) is 40.7 Å². The number of hydrogen-bond acceptors (Lipinski definition) is 6. The summed E-state index contributed by atoms with van der Waals surface area (Å²) in [5, 5.41) is 3.06. The summed E-state index contributed by atoms with van der Waals surface area (Å²) >= 11 is 6.14. The van der Waals surface area contributed by atoms with Crippen molar-refractivity contribution in [2.45, 2.75) is 19.4 Å². The number of benzene rings is 1. The van der Waals surface area contributed by atoms with E-state index in [1.54, 1.807) is 20.3 Å². The van der Waals surface area contributed by atoms with Crippen molar-refractivity contribution in [2.24, 2.45) is 0 Å². The largest absolute Gasteiger partial charge is 0.493 e. The Balaban J connectivity index is 1.75. The van der Waals surface area contributed by atoms with Gasteiger partial charge in [-0.25, -0.2) is 9.97 Å². The van der Waals surface area contributed by atoms with Gasteiger partial charge < -0.3 is 19.7 Å². The molecule has 0 spiro atoms. The van der Waals surface area contributed by atoms with Gasteiger partial charge in [-0.15, -0.1) is 0 Å². The van der Waals surface area contributed by atoms with Gasteiger partial charge in [-0.3, -0.25) is 4.79 Å². The third-order valence-corrected chi connectivity index (χ3v) is 4.54. The highest BCUT2D eigenvalue weighted by atomic mass is 35.5. The first-order chi connectivity index (χ1) is 12.6. The number of carbonyl (C=O) groups is 1. The highest BCUT2D eigenvalue weighted by molar-refractivity contribution is 6.33. The van der Waals surface area contributed by atoms with Crippen molar-refractivity contribution in [2.75, 3.05) is 32.2 Å². The molecule has 8 heteroatoms. The third-order valence-electron chi connectivity index (χ3n) is 4.26. The van der Waals surface area contributed by atoms with Gasteiger partial charge >= 0.3 is 0 Å². The third kappa shape index (κ3) is 3.83. The number of methoxy groups -OCH3 is 2. The minimum Gasteiger partial charge on any atom is -0.493 e. The minimum absolute atomic E-state index is 0.172. The fraction of sp³-hybridized carbons (Fsp3) is 0.389. The quantitative estimate of drug-likeness (QED) is 0.835. The van der Waals surface area contributed by atoms with Crippen molar-refractivity contribution in [1.82, 2.24) is 15.3 Å². The van der Waals surface area contributed by atoms with Crippen LogP contribution in [0.25, 0.3) is 0 Å². The number of rotatable bonds is 6. The molecule has 0 radical (unpaired) electrons. The smallest absolute Gasteiger partial charge is 0.271 e. The maximum absolute atomic E-state index is 12.6. The fourth-order valence-electron chi connectivity index (χ4n) is 2.94. The molecule has 1 amide bonds. The van der Waals surface area contributed by atoms with Crippen LogP contribution >= 0.6 is 11.6 Å². The van der Waals surface area contributed by atoms with E-state index in [2.05, 4.69) is 20.2 Å². The number of aromatic nitrogens is 2. The predicted molar refractivity (Wildman–Crippen MR) is 99.2 cm³/mol. The molecule has 1 fully saturated rings. The zero-order valence-electron chi connectivity index (χ0n) is 14.8. The Morgan fingerprint density at radius 3 is 2.73 bits per heavy atom. The van der Waals surface area contributed by atoms with E-state index in [1.807, 2.05) is 12.1 Å². The SMILES string of the molecule is COc1cccc(CNC(=O)c2nc(N3CCCC3)ncc2Cl)c1OC. The van der Waals surface area contributed by atoms with Gasteiger partial charge in [0, 0.05) is 25.2 Å². The monoisotopic (exact) mass is 376 g/mol. The van der Waals surface area contributed by atoms with E-state index in [0.29, 0.717) is 17.4 Å². The molecule has 0 bridgehead atoms. The Morgan fingerprint density at radius 2 is 2.04 bits per heavy atom. The topological polar surface area (TPSA) is 76.6 Å². The van der Waals surface area contributed by atoms with Crippen LogP contribution in [0.1, 0.15) is 28.9 Å². The molecule has 0 saturated carbocycles. The summed E-state index contributed by atoms with van der Waals surface area (Å²) in [6, 6.07) is 5.50. The summed E-state index contributed by atoms with van der Waals surface area (Å²) in [4.78, 5) is 23.2. The predicted octanol–water partition coefficient (Wildman–Crippen LogP) is 2.68. The van der Waals surface area contributed by atoms with Gasteiger partial charge in [0.25, 0.3) is 5.91 Å². The molecule has 26 heavy (non-hydrogen) atoms. The molecule has 2 heterocycles. The number of para-hydroxylation sites is 1. The number of carbonyl (C=O) groups excluding carboxylic acids is 1. The van der Waals surface area contributed by atoms with E-state index >= 15 is 0 Å². The van der Waals surface area contributed by atoms with Crippen molar-refractivity contribution >= 4 is 23.5 Å². The number of halogens is 1. The molecule has 0 aliphatic carbocycles. The molecule has 0 atom stereocenters. The van der Waals surface area contributed by atoms with Crippen LogP contribution in [0.15, 0.2) is 24.4 Å². The van der Waals surface area contributed by atoms with Gasteiger partial charge in [0.2, 0.25) is 5.95 Å². The molecule has 1 aliphatic rings. The van der Waals surface area contributed by atoms with E-state index in [1.165, 1.54) is 6.20 Å². The van der Waals surface area contributed by atoms with Crippen molar-refractivity contribution in [1.29, 1.82) is 0 Å². The summed E-state index contributed by atoms with van der Waals surface area (Å²) in [6.45, 7) is 2.05. The number of nitrogens with one attached hydrogen (secondary N) is 1.